The van der Waals surface area contributed by atoms with Gasteiger partial charge < -0.3 is 14.3 Å². The summed E-state index contributed by atoms with van der Waals surface area (Å²) in [5.74, 6) is 0. The van der Waals surface area contributed by atoms with Crippen molar-refractivity contribution in [2.24, 2.45) is 0 Å². The summed E-state index contributed by atoms with van der Waals surface area (Å²) in [6.45, 7) is 0. The first-order valence-corrected chi connectivity index (χ1v) is 5.78. The number of rotatable bonds is 5. The van der Waals surface area contributed by atoms with Gasteiger partial charge in [-0.1, -0.05) is 6.08 Å². The maximum absolute atomic E-state index is 5.29. The first kappa shape index (κ1) is 12.4. The van der Waals surface area contributed by atoms with E-state index in [0.717, 1.165) is 25.0 Å². The minimum absolute atomic E-state index is 0.116. The number of aromatic nitrogens is 3. The van der Waals surface area contributed by atoms with Crippen LogP contribution >= 0.6 is 0 Å². The second-order valence-corrected chi connectivity index (χ2v) is 3.77. The van der Waals surface area contributed by atoms with Crippen molar-refractivity contribution in [3.8, 4) is 18.0 Å². The highest BCUT2D eigenvalue weighted by Gasteiger charge is 2.10. The average molecular weight is 252 g/mol. The van der Waals surface area contributed by atoms with Crippen LogP contribution in [-0.4, -0.2) is 29.2 Å². The van der Waals surface area contributed by atoms with Gasteiger partial charge in [-0.25, -0.2) is 5.48 Å². The van der Waals surface area contributed by atoms with E-state index >= 15 is 0 Å². The maximum Gasteiger partial charge on any atom is 0.351 e. The molecule has 1 heterocycles. The van der Waals surface area contributed by atoms with Gasteiger partial charge in [-0.2, -0.15) is 0 Å². The molecule has 0 saturated heterocycles. The van der Waals surface area contributed by atoms with Crippen molar-refractivity contribution < 1.29 is 14.3 Å². The van der Waals surface area contributed by atoms with Gasteiger partial charge in [-0.3, -0.25) is 0 Å². The lowest BCUT2D eigenvalue weighted by Crippen LogP contribution is -2.21. The third-order valence-electron chi connectivity index (χ3n) is 2.50. The molecule has 0 unspecified atom stereocenters. The summed E-state index contributed by atoms with van der Waals surface area (Å²) in [4.78, 5) is 17.1. The molecule has 0 aliphatic heterocycles. The Bertz CT molecular complexity index is 414. The van der Waals surface area contributed by atoms with Gasteiger partial charge in [0.15, 0.2) is 0 Å². The van der Waals surface area contributed by atoms with Crippen molar-refractivity contribution in [2.75, 3.05) is 14.2 Å². The monoisotopic (exact) mass is 252 g/mol. The Morgan fingerprint density at radius 1 is 1.00 bits per heavy atom. The van der Waals surface area contributed by atoms with E-state index in [9.17, 15) is 0 Å². The lowest BCUT2D eigenvalue weighted by atomic mass is 10.1. The number of hydrogen-bond acceptors (Lipinski definition) is 7. The van der Waals surface area contributed by atoms with Crippen LogP contribution in [0.2, 0.25) is 0 Å². The van der Waals surface area contributed by atoms with Crippen molar-refractivity contribution in [1.82, 2.24) is 20.4 Å². The Morgan fingerprint density at radius 3 is 2.22 bits per heavy atom. The Balaban J connectivity index is 2.01. The van der Waals surface area contributed by atoms with Crippen LogP contribution in [0.4, 0.5) is 0 Å². The zero-order chi connectivity index (χ0) is 12.8. The number of ether oxygens (including phenoxy) is 2. The molecule has 0 radical (unpaired) electrons. The Kier molecular flexibility index (Phi) is 4.16. The summed E-state index contributed by atoms with van der Waals surface area (Å²) in [6.07, 6.45) is 6.53. The van der Waals surface area contributed by atoms with Crippen molar-refractivity contribution in [1.29, 1.82) is 0 Å². The first-order valence-electron chi connectivity index (χ1n) is 5.78. The minimum Gasteiger partial charge on any atom is -0.467 e. The molecule has 0 fully saturated rings. The minimum atomic E-state index is 0.116. The van der Waals surface area contributed by atoms with Crippen LogP contribution in [0.3, 0.4) is 0 Å². The fourth-order valence-corrected chi connectivity index (χ4v) is 1.59. The van der Waals surface area contributed by atoms with Crippen LogP contribution in [0.25, 0.3) is 0 Å². The molecular formula is C11H16N4O3. The summed E-state index contributed by atoms with van der Waals surface area (Å²) < 4.78 is 9.85. The van der Waals surface area contributed by atoms with Crippen LogP contribution in [0, 0.1) is 0 Å². The zero-order valence-electron chi connectivity index (χ0n) is 10.5. The van der Waals surface area contributed by atoms with E-state index in [1.54, 1.807) is 0 Å². The quantitative estimate of drug-likeness (QED) is 0.789. The lowest BCUT2D eigenvalue weighted by Gasteiger charge is -2.14. The highest BCUT2D eigenvalue weighted by atomic mass is 16.7. The highest BCUT2D eigenvalue weighted by Crippen LogP contribution is 2.16. The molecule has 98 valence electrons. The van der Waals surface area contributed by atoms with E-state index in [-0.39, 0.29) is 18.0 Å². The molecule has 0 amide bonds. The van der Waals surface area contributed by atoms with Crippen molar-refractivity contribution in [3.63, 3.8) is 0 Å². The second-order valence-electron chi connectivity index (χ2n) is 3.77. The highest BCUT2D eigenvalue weighted by molar-refractivity contribution is 5.09. The largest absolute Gasteiger partial charge is 0.467 e. The number of hydrogen-bond donors (Lipinski definition) is 1. The van der Waals surface area contributed by atoms with Crippen molar-refractivity contribution in [3.05, 3.63) is 11.8 Å². The molecule has 7 heteroatoms. The van der Waals surface area contributed by atoms with Gasteiger partial charge in [0.25, 0.3) is 0 Å². The molecule has 0 saturated carbocycles. The normalized spacial score (nSPS) is 14.7. The first-order chi connectivity index (χ1) is 8.81. The molecule has 0 atom stereocenters. The van der Waals surface area contributed by atoms with Crippen molar-refractivity contribution in [2.45, 2.75) is 25.7 Å². The number of nitrogens with one attached hydrogen (secondary N) is 1. The molecule has 7 nitrogen and oxygen atoms in total. The summed E-state index contributed by atoms with van der Waals surface area (Å²) in [5, 5.41) is 0. The van der Waals surface area contributed by atoms with Gasteiger partial charge in [-0.15, -0.1) is 15.0 Å². The summed E-state index contributed by atoms with van der Waals surface area (Å²) in [7, 11) is 2.94. The molecular weight excluding hydrogens is 236 g/mol. The van der Waals surface area contributed by atoms with E-state index in [1.807, 2.05) is 0 Å². The average Bonchev–Trinajstić information content (AvgIpc) is 2.45. The van der Waals surface area contributed by atoms with Gasteiger partial charge in [-0.05, 0) is 25.7 Å². The molecule has 1 aliphatic carbocycles. The van der Waals surface area contributed by atoms with E-state index in [2.05, 4.69) is 26.5 Å². The van der Waals surface area contributed by atoms with Gasteiger partial charge in [0.1, 0.15) is 0 Å². The third kappa shape index (κ3) is 3.22. The summed E-state index contributed by atoms with van der Waals surface area (Å²) >= 11 is 0. The molecule has 2 rings (SSSR count). The Labute approximate surface area is 105 Å². The maximum atomic E-state index is 5.29. The lowest BCUT2D eigenvalue weighted by molar-refractivity contribution is 0.192. The molecule has 0 aromatic carbocycles. The Morgan fingerprint density at radius 2 is 1.67 bits per heavy atom. The smallest absolute Gasteiger partial charge is 0.351 e. The molecule has 1 N–H and O–H groups in total. The van der Waals surface area contributed by atoms with Crippen LogP contribution < -0.4 is 19.8 Å². The van der Waals surface area contributed by atoms with Gasteiger partial charge in [0.05, 0.1) is 14.2 Å². The van der Waals surface area contributed by atoms with E-state index in [4.69, 9.17) is 14.3 Å². The van der Waals surface area contributed by atoms with Crippen LogP contribution in [0.5, 0.6) is 18.0 Å². The number of allylic oxidation sites excluding steroid dienone is 2. The SMILES string of the molecule is COc1nc(OC)nc(ONC2=CCCCC2)n1. The number of methoxy groups -OCH3 is 2. The predicted octanol–water partition coefficient (Wildman–Crippen LogP) is 1.23. The van der Waals surface area contributed by atoms with E-state index in [0.29, 0.717) is 0 Å². The molecule has 18 heavy (non-hydrogen) atoms. The van der Waals surface area contributed by atoms with Gasteiger partial charge in [0, 0.05) is 5.70 Å². The topological polar surface area (TPSA) is 78.4 Å². The van der Waals surface area contributed by atoms with E-state index in [1.165, 1.54) is 20.6 Å². The zero-order valence-corrected chi connectivity index (χ0v) is 10.5. The standard InChI is InChI=1S/C11H16N4O3/c1-16-9-12-10(17-2)14-11(13-9)18-15-8-6-4-3-5-7-8/h6,15H,3-5,7H2,1-2H3. The molecule has 0 spiro atoms. The number of hydroxylamine groups is 1. The fourth-order valence-electron chi connectivity index (χ4n) is 1.59. The molecule has 1 aromatic heterocycles. The number of nitrogens with zero attached hydrogens (tertiary/aromatic N) is 3. The second kappa shape index (κ2) is 6.04. The van der Waals surface area contributed by atoms with Gasteiger partial charge >= 0.3 is 18.0 Å². The predicted molar refractivity (Wildman–Crippen MR) is 63.2 cm³/mol. The van der Waals surface area contributed by atoms with Crippen molar-refractivity contribution >= 4 is 0 Å². The van der Waals surface area contributed by atoms with Crippen LogP contribution in [0.1, 0.15) is 25.7 Å². The molecule has 0 bridgehead atoms. The summed E-state index contributed by atoms with van der Waals surface area (Å²) in [5.41, 5.74) is 3.88. The van der Waals surface area contributed by atoms with E-state index < -0.39 is 0 Å². The molecule has 1 aliphatic rings. The Hall–Kier alpha value is -2.05. The van der Waals surface area contributed by atoms with Crippen LogP contribution in [-0.2, 0) is 0 Å². The third-order valence-corrected chi connectivity index (χ3v) is 2.50. The molecule has 1 aromatic rings. The van der Waals surface area contributed by atoms with Gasteiger partial charge in [0.2, 0.25) is 0 Å². The van der Waals surface area contributed by atoms with Crippen LogP contribution in [0.15, 0.2) is 11.8 Å². The summed E-state index contributed by atoms with van der Waals surface area (Å²) in [6, 6.07) is 0.415. The fraction of sp³-hybridized carbons (Fsp3) is 0.545.